The van der Waals surface area contributed by atoms with Crippen molar-refractivity contribution in [1.82, 2.24) is 15.1 Å². The molecule has 6 nitrogen and oxygen atoms in total. The monoisotopic (exact) mass is 336 g/mol. The molecular formula is C19H20N4O2. The fraction of sp³-hybridized carbons (Fsp3) is 0.316. The second-order valence-corrected chi connectivity index (χ2v) is 6.11. The number of hydrogen-bond donors (Lipinski definition) is 0. The van der Waals surface area contributed by atoms with Crippen molar-refractivity contribution in [3.05, 3.63) is 60.4 Å². The number of pyridine rings is 1. The Balaban J connectivity index is 1.39. The minimum absolute atomic E-state index is 0.142. The molecule has 3 aromatic rings. The zero-order chi connectivity index (χ0) is 16.9. The van der Waals surface area contributed by atoms with Gasteiger partial charge in [0.2, 0.25) is 5.82 Å². The third-order valence-corrected chi connectivity index (χ3v) is 4.29. The Morgan fingerprint density at radius 3 is 2.84 bits per heavy atom. The number of rotatable bonds is 5. The van der Waals surface area contributed by atoms with Crippen molar-refractivity contribution in [1.29, 1.82) is 0 Å². The zero-order valence-electron chi connectivity index (χ0n) is 13.9. The predicted molar refractivity (Wildman–Crippen MR) is 94.0 cm³/mol. The molecule has 4 rings (SSSR count). The summed E-state index contributed by atoms with van der Waals surface area (Å²) in [7, 11) is 0. The van der Waals surface area contributed by atoms with Crippen LogP contribution in [-0.4, -0.2) is 34.3 Å². The minimum Gasteiger partial charge on any atom is -0.370 e. The molecule has 0 spiro atoms. The van der Waals surface area contributed by atoms with Gasteiger partial charge in [-0.15, -0.1) is 0 Å². The summed E-state index contributed by atoms with van der Waals surface area (Å²) in [6, 6.07) is 16.3. The average molecular weight is 336 g/mol. The second-order valence-electron chi connectivity index (χ2n) is 6.11. The molecule has 3 heterocycles. The van der Waals surface area contributed by atoms with Gasteiger partial charge >= 0.3 is 6.01 Å². The molecule has 0 amide bonds. The highest BCUT2D eigenvalue weighted by Gasteiger charge is 2.24. The Hall–Kier alpha value is -2.73. The van der Waals surface area contributed by atoms with Crippen LogP contribution in [0.25, 0.3) is 11.4 Å². The van der Waals surface area contributed by atoms with E-state index in [1.54, 1.807) is 6.20 Å². The van der Waals surface area contributed by atoms with E-state index in [4.69, 9.17) is 9.26 Å². The van der Waals surface area contributed by atoms with E-state index in [0.717, 1.165) is 37.2 Å². The van der Waals surface area contributed by atoms with Crippen LogP contribution in [0.2, 0.25) is 0 Å². The molecule has 1 aliphatic heterocycles. The number of hydrogen-bond acceptors (Lipinski definition) is 6. The van der Waals surface area contributed by atoms with Crippen molar-refractivity contribution >= 4 is 6.01 Å². The molecule has 1 aromatic carbocycles. The lowest BCUT2D eigenvalue weighted by molar-refractivity contribution is 0.0288. The van der Waals surface area contributed by atoms with Gasteiger partial charge in [-0.05, 0) is 25.0 Å². The molecule has 1 unspecified atom stereocenters. The lowest BCUT2D eigenvalue weighted by atomic mass is 10.1. The van der Waals surface area contributed by atoms with Crippen LogP contribution < -0.4 is 4.90 Å². The van der Waals surface area contributed by atoms with Crippen LogP contribution in [0.4, 0.5) is 6.01 Å². The van der Waals surface area contributed by atoms with Crippen LogP contribution in [0, 0.1) is 0 Å². The molecule has 0 bridgehead atoms. The van der Waals surface area contributed by atoms with Crippen LogP contribution in [0.5, 0.6) is 0 Å². The van der Waals surface area contributed by atoms with Gasteiger partial charge in [0.1, 0.15) is 0 Å². The number of piperidine rings is 1. The van der Waals surface area contributed by atoms with Gasteiger partial charge in [0, 0.05) is 24.8 Å². The highest BCUT2D eigenvalue weighted by Crippen LogP contribution is 2.23. The predicted octanol–water partition coefficient (Wildman–Crippen LogP) is 3.32. The van der Waals surface area contributed by atoms with E-state index in [1.165, 1.54) is 0 Å². The fourth-order valence-electron chi connectivity index (χ4n) is 2.98. The molecule has 0 aliphatic carbocycles. The molecule has 128 valence electrons. The van der Waals surface area contributed by atoms with Gasteiger partial charge < -0.3 is 14.2 Å². The first-order chi connectivity index (χ1) is 12.4. The zero-order valence-corrected chi connectivity index (χ0v) is 13.9. The van der Waals surface area contributed by atoms with Gasteiger partial charge in [-0.25, -0.2) is 0 Å². The van der Waals surface area contributed by atoms with Crippen LogP contribution in [-0.2, 0) is 11.3 Å². The SMILES string of the molecule is c1ccc(-c2noc(N3CCCC(OCc4ccccn4)C3)n2)cc1. The Labute approximate surface area is 146 Å². The van der Waals surface area contributed by atoms with Crippen LogP contribution in [0.3, 0.4) is 0 Å². The smallest absolute Gasteiger partial charge is 0.324 e. The van der Waals surface area contributed by atoms with Gasteiger partial charge in [0.05, 0.1) is 18.4 Å². The summed E-state index contributed by atoms with van der Waals surface area (Å²) in [6.45, 7) is 2.18. The number of ether oxygens (including phenoxy) is 1. The van der Waals surface area contributed by atoms with Gasteiger partial charge in [-0.2, -0.15) is 4.98 Å². The lowest BCUT2D eigenvalue weighted by Crippen LogP contribution is -2.39. The molecule has 0 saturated carbocycles. The van der Waals surface area contributed by atoms with Crippen molar-refractivity contribution in [3.63, 3.8) is 0 Å². The minimum atomic E-state index is 0.142. The molecule has 0 N–H and O–H groups in total. The molecular weight excluding hydrogens is 316 g/mol. The Bertz CT molecular complexity index is 791. The van der Waals surface area contributed by atoms with E-state index in [1.807, 2.05) is 48.5 Å². The number of benzene rings is 1. The molecule has 1 fully saturated rings. The van der Waals surface area contributed by atoms with Crippen LogP contribution >= 0.6 is 0 Å². The highest BCUT2D eigenvalue weighted by atomic mass is 16.5. The van der Waals surface area contributed by atoms with E-state index >= 15 is 0 Å². The Kier molecular flexibility index (Phi) is 4.70. The highest BCUT2D eigenvalue weighted by molar-refractivity contribution is 5.55. The maximum absolute atomic E-state index is 6.02. The summed E-state index contributed by atoms with van der Waals surface area (Å²) in [5.41, 5.74) is 1.90. The third kappa shape index (κ3) is 3.85. The summed E-state index contributed by atoms with van der Waals surface area (Å²) >= 11 is 0. The largest absolute Gasteiger partial charge is 0.370 e. The number of nitrogens with zero attached hydrogens (tertiary/aromatic N) is 4. The first-order valence-electron chi connectivity index (χ1n) is 8.54. The molecule has 1 aliphatic rings. The molecule has 1 atom stereocenters. The Morgan fingerprint density at radius 1 is 1.12 bits per heavy atom. The topological polar surface area (TPSA) is 64.3 Å². The standard InChI is InChI=1S/C19H20N4O2/c1-2-7-15(8-3-1)18-21-19(25-22-18)23-12-6-10-17(13-23)24-14-16-9-4-5-11-20-16/h1-5,7-9,11,17H,6,10,12-14H2. The van der Waals surface area contributed by atoms with Crippen molar-refractivity contribution in [2.45, 2.75) is 25.6 Å². The maximum Gasteiger partial charge on any atom is 0.324 e. The van der Waals surface area contributed by atoms with E-state index in [9.17, 15) is 0 Å². The van der Waals surface area contributed by atoms with Crippen molar-refractivity contribution < 1.29 is 9.26 Å². The first kappa shape index (κ1) is 15.8. The normalized spacial score (nSPS) is 17.6. The summed E-state index contributed by atoms with van der Waals surface area (Å²) < 4.78 is 11.5. The van der Waals surface area contributed by atoms with Gasteiger partial charge in [0.25, 0.3) is 0 Å². The molecule has 2 aromatic heterocycles. The summed E-state index contributed by atoms with van der Waals surface area (Å²) in [4.78, 5) is 10.9. The van der Waals surface area contributed by atoms with E-state index in [2.05, 4.69) is 20.0 Å². The van der Waals surface area contributed by atoms with Crippen molar-refractivity contribution in [3.8, 4) is 11.4 Å². The van der Waals surface area contributed by atoms with Gasteiger partial charge in [0.15, 0.2) is 0 Å². The summed E-state index contributed by atoms with van der Waals surface area (Å²) in [5.74, 6) is 0.618. The average Bonchev–Trinajstić information content (AvgIpc) is 3.18. The van der Waals surface area contributed by atoms with E-state index in [-0.39, 0.29) is 6.10 Å². The maximum atomic E-state index is 6.02. The summed E-state index contributed by atoms with van der Waals surface area (Å²) in [5, 5.41) is 4.10. The number of aromatic nitrogens is 3. The first-order valence-corrected chi connectivity index (χ1v) is 8.54. The fourth-order valence-corrected chi connectivity index (χ4v) is 2.98. The van der Waals surface area contributed by atoms with Crippen LogP contribution in [0.1, 0.15) is 18.5 Å². The summed E-state index contributed by atoms with van der Waals surface area (Å²) in [6.07, 6.45) is 4.00. The Morgan fingerprint density at radius 2 is 2.00 bits per heavy atom. The molecule has 6 heteroatoms. The quantitative estimate of drug-likeness (QED) is 0.712. The molecule has 25 heavy (non-hydrogen) atoms. The second kappa shape index (κ2) is 7.44. The molecule has 1 saturated heterocycles. The lowest BCUT2D eigenvalue weighted by Gasteiger charge is -2.31. The van der Waals surface area contributed by atoms with Crippen molar-refractivity contribution in [2.75, 3.05) is 18.0 Å². The van der Waals surface area contributed by atoms with Gasteiger partial charge in [-0.3, -0.25) is 4.98 Å². The van der Waals surface area contributed by atoms with E-state index < -0.39 is 0 Å². The number of anilines is 1. The van der Waals surface area contributed by atoms with E-state index in [0.29, 0.717) is 18.4 Å². The molecule has 0 radical (unpaired) electrons. The van der Waals surface area contributed by atoms with Crippen molar-refractivity contribution in [2.24, 2.45) is 0 Å². The van der Waals surface area contributed by atoms with Gasteiger partial charge in [-0.1, -0.05) is 41.6 Å². The van der Waals surface area contributed by atoms with Crippen LogP contribution in [0.15, 0.2) is 59.3 Å². The third-order valence-electron chi connectivity index (χ3n) is 4.29.